The molecule has 0 saturated heterocycles. The normalized spacial score (nSPS) is 9.65. The summed E-state index contributed by atoms with van der Waals surface area (Å²) in [7, 11) is 0. The summed E-state index contributed by atoms with van der Waals surface area (Å²) in [5.41, 5.74) is 1.56. The van der Waals surface area contributed by atoms with Gasteiger partial charge in [-0.3, -0.25) is 4.79 Å². The van der Waals surface area contributed by atoms with Crippen molar-refractivity contribution < 1.29 is 4.79 Å². The van der Waals surface area contributed by atoms with Crippen molar-refractivity contribution in [2.75, 3.05) is 5.32 Å². The third-order valence-electron chi connectivity index (χ3n) is 2.14. The maximum absolute atomic E-state index is 11.8. The molecule has 0 saturated carbocycles. The lowest BCUT2D eigenvalue weighted by molar-refractivity contribution is 0.102. The van der Waals surface area contributed by atoms with Gasteiger partial charge in [-0.1, -0.05) is 6.07 Å². The molecule has 1 amide bonds. The van der Waals surface area contributed by atoms with E-state index in [0.29, 0.717) is 16.9 Å². The molecule has 0 bridgehead atoms. The molecule has 0 aliphatic rings. The molecule has 0 aliphatic heterocycles. The number of rotatable bonds is 2. The Morgan fingerprint density at radius 1 is 1.41 bits per heavy atom. The van der Waals surface area contributed by atoms with E-state index >= 15 is 0 Å². The number of aromatic nitrogens is 1. The molecule has 0 radical (unpaired) electrons. The molecule has 2 rings (SSSR count). The average molecular weight is 290 g/mol. The van der Waals surface area contributed by atoms with Gasteiger partial charge in [-0.2, -0.15) is 5.26 Å². The van der Waals surface area contributed by atoms with Crippen LogP contribution in [0.4, 0.5) is 5.69 Å². The van der Waals surface area contributed by atoms with E-state index in [1.165, 1.54) is 0 Å². The van der Waals surface area contributed by atoms with Gasteiger partial charge in [0.25, 0.3) is 5.91 Å². The molecule has 2 aromatic rings. The fourth-order valence-corrected chi connectivity index (χ4v) is 1.71. The molecule has 84 valence electrons. The Kier molecular flexibility index (Phi) is 3.26. The third kappa shape index (κ3) is 2.74. The molecule has 1 heterocycles. The standard InChI is InChI=1S/C12H8BrN3O/c13-9-5-11(15-7-9)12(17)16-10-3-1-2-8(4-10)6-14/h1-5,7,15H,(H,16,17). The number of amides is 1. The van der Waals surface area contributed by atoms with E-state index in [1.54, 1.807) is 36.5 Å². The van der Waals surface area contributed by atoms with E-state index in [4.69, 9.17) is 5.26 Å². The number of aromatic amines is 1. The van der Waals surface area contributed by atoms with Gasteiger partial charge in [0.05, 0.1) is 11.6 Å². The first-order valence-electron chi connectivity index (χ1n) is 4.84. The van der Waals surface area contributed by atoms with Crippen LogP contribution in [0.5, 0.6) is 0 Å². The maximum Gasteiger partial charge on any atom is 0.272 e. The molecule has 0 spiro atoms. The molecular weight excluding hydrogens is 282 g/mol. The van der Waals surface area contributed by atoms with Crippen molar-refractivity contribution in [3.8, 4) is 6.07 Å². The van der Waals surface area contributed by atoms with Gasteiger partial charge >= 0.3 is 0 Å². The van der Waals surface area contributed by atoms with Gasteiger partial charge in [0.15, 0.2) is 0 Å². The number of benzene rings is 1. The highest BCUT2D eigenvalue weighted by molar-refractivity contribution is 9.10. The van der Waals surface area contributed by atoms with Crippen LogP contribution >= 0.6 is 15.9 Å². The lowest BCUT2D eigenvalue weighted by Crippen LogP contribution is -2.12. The van der Waals surface area contributed by atoms with Crippen molar-refractivity contribution in [3.63, 3.8) is 0 Å². The van der Waals surface area contributed by atoms with Gasteiger partial charge in [-0.25, -0.2) is 0 Å². The number of H-pyrrole nitrogens is 1. The summed E-state index contributed by atoms with van der Waals surface area (Å²) in [6.07, 6.45) is 1.68. The summed E-state index contributed by atoms with van der Waals surface area (Å²) < 4.78 is 0.813. The first kappa shape index (κ1) is 11.4. The molecule has 0 aliphatic carbocycles. The lowest BCUT2D eigenvalue weighted by atomic mass is 10.2. The second-order valence-corrected chi connectivity index (χ2v) is 4.29. The number of carbonyl (C=O) groups is 1. The predicted molar refractivity (Wildman–Crippen MR) is 67.6 cm³/mol. The van der Waals surface area contributed by atoms with Crippen LogP contribution in [0.15, 0.2) is 41.0 Å². The van der Waals surface area contributed by atoms with Crippen LogP contribution in [0.2, 0.25) is 0 Å². The number of nitrogens with one attached hydrogen (secondary N) is 2. The maximum atomic E-state index is 11.8. The molecule has 17 heavy (non-hydrogen) atoms. The Morgan fingerprint density at radius 2 is 2.24 bits per heavy atom. The molecule has 0 unspecified atom stereocenters. The van der Waals surface area contributed by atoms with Crippen molar-refractivity contribution in [3.05, 3.63) is 52.3 Å². The summed E-state index contributed by atoms with van der Waals surface area (Å²) >= 11 is 3.25. The Morgan fingerprint density at radius 3 is 2.88 bits per heavy atom. The minimum Gasteiger partial charge on any atom is -0.356 e. The van der Waals surface area contributed by atoms with E-state index in [9.17, 15) is 4.79 Å². The molecule has 0 atom stereocenters. The van der Waals surface area contributed by atoms with Crippen LogP contribution in [0.25, 0.3) is 0 Å². The molecule has 5 heteroatoms. The van der Waals surface area contributed by atoms with E-state index in [0.717, 1.165) is 4.47 Å². The van der Waals surface area contributed by atoms with E-state index in [-0.39, 0.29) is 5.91 Å². The highest BCUT2D eigenvalue weighted by Gasteiger charge is 2.08. The van der Waals surface area contributed by atoms with Gasteiger partial charge in [-0.05, 0) is 40.2 Å². The first-order valence-corrected chi connectivity index (χ1v) is 5.64. The van der Waals surface area contributed by atoms with E-state index in [1.807, 2.05) is 6.07 Å². The quantitative estimate of drug-likeness (QED) is 0.892. The van der Waals surface area contributed by atoms with E-state index in [2.05, 4.69) is 26.2 Å². The van der Waals surface area contributed by atoms with Crippen LogP contribution in [-0.2, 0) is 0 Å². The van der Waals surface area contributed by atoms with Crippen LogP contribution in [0, 0.1) is 11.3 Å². The second-order valence-electron chi connectivity index (χ2n) is 3.38. The number of nitrogens with zero attached hydrogens (tertiary/aromatic N) is 1. The number of anilines is 1. The second kappa shape index (κ2) is 4.85. The Bertz CT molecular complexity index is 598. The highest BCUT2D eigenvalue weighted by Crippen LogP contribution is 2.14. The summed E-state index contributed by atoms with van der Waals surface area (Å²) in [5.74, 6) is -0.245. The molecular formula is C12H8BrN3O. The van der Waals surface area contributed by atoms with Gasteiger partial charge in [0, 0.05) is 16.4 Å². The van der Waals surface area contributed by atoms with Crippen molar-refractivity contribution in [1.82, 2.24) is 4.98 Å². The van der Waals surface area contributed by atoms with Crippen LogP contribution in [-0.4, -0.2) is 10.9 Å². The molecule has 1 aromatic heterocycles. The lowest BCUT2D eigenvalue weighted by Gasteiger charge is -2.03. The van der Waals surface area contributed by atoms with Crippen LogP contribution in [0.3, 0.4) is 0 Å². The monoisotopic (exact) mass is 289 g/mol. The van der Waals surface area contributed by atoms with Crippen LogP contribution < -0.4 is 5.32 Å². The zero-order valence-corrected chi connectivity index (χ0v) is 10.3. The van der Waals surface area contributed by atoms with Gasteiger partial charge in [0.2, 0.25) is 0 Å². The van der Waals surface area contributed by atoms with E-state index < -0.39 is 0 Å². The number of carbonyl (C=O) groups excluding carboxylic acids is 1. The van der Waals surface area contributed by atoms with Crippen LogP contribution in [0.1, 0.15) is 16.1 Å². The van der Waals surface area contributed by atoms with Crippen molar-refractivity contribution >= 4 is 27.5 Å². The van der Waals surface area contributed by atoms with Gasteiger partial charge in [0.1, 0.15) is 5.69 Å². The highest BCUT2D eigenvalue weighted by atomic mass is 79.9. The minimum atomic E-state index is -0.245. The van der Waals surface area contributed by atoms with Crippen molar-refractivity contribution in [2.45, 2.75) is 0 Å². The minimum absolute atomic E-state index is 0.245. The Balaban J connectivity index is 2.16. The largest absolute Gasteiger partial charge is 0.356 e. The molecule has 0 fully saturated rings. The summed E-state index contributed by atoms with van der Waals surface area (Å²) in [5, 5.41) is 11.4. The SMILES string of the molecule is N#Cc1cccc(NC(=O)c2cc(Br)c[nH]2)c1. The number of hydrogen-bond donors (Lipinski definition) is 2. The third-order valence-corrected chi connectivity index (χ3v) is 2.60. The van der Waals surface area contributed by atoms with Crippen molar-refractivity contribution in [2.24, 2.45) is 0 Å². The van der Waals surface area contributed by atoms with Gasteiger partial charge in [-0.15, -0.1) is 0 Å². The number of nitriles is 1. The summed E-state index contributed by atoms with van der Waals surface area (Å²) in [6, 6.07) is 10.5. The zero-order valence-electron chi connectivity index (χ0n) is 8.70. The first-order chi connectivity index (χ1) is 8.19. The molecule has 2 N–H and O–H groups in total. The number of hydrogen-bond acceptors (Lipinski definition) is 2. The fourth-order valence-electron chi connectivity index (χ4n) is 1.36. The average Bonchev–Trinajstić information content (AvgIpc) is 2.76. The topological polar surface area (TPSA) is 68.7 Å². The molecule has 4 nitrogen and oxygen atoms in total. The Hall–Kier alpha value is -2.06. The molecule has 1 aromatic carbocycles. The zero-order chi connectivity index (χ0) is 12.3. The Labute approximate surface area is 106 Å². The van der Waals surface area contributed by atoms with Crippen molar-refractivity contribution in [1.29, 1.82) is 5.26 Å². The fraction of sp³-hybridized carbons (Fsp3) is 0. The summed E-state index contributed by atoms with van der Waals surface area (Å²) in [6.45, 7) is 0. The van der Waals surface area contributed by atoms with Gasteiger partial charge < -0.3 is 10.3 Å². The number of halogens is 1. The smallest absolute Gasteiger partial charge is 0.272 e. The predicted octanol–water partition coefficient (Wildman–Crippen LogP) is 2.90. The summed E-state index contributed by atoms with van der Waals surface area (Å²) in [4.78, 5) is 14.6.